The highest BCUT2D eigenvalue weighted by Crippen LogP contribution is 2.16. The maximum atomic E-state index is 12.5. The van der Waals surface area contributed by atoms with Crippen molar-refractivity contribution in [2.45, 2.75) is 12.5 Å². The van der Waals surface area contributed by atoms with Crippen LogP contribution >= 0.6 is 0 Å². The zero-order valence-corrected chi connectivity index (χ0v) is 7.28. The van der Waals surface area contributed by atoms with Gasteiger partial charge in [0.05, 0.1) is 6.20 Å². The summed E-state index contributed by atoms with van der Waals surface area (Å²) in [7, 11) is 0. The third kappa shape index (κ3) is 1.78. The molecule has 0 radical (unpaired) electrons. The first-order valence-electron chi connectivity index (χ1n) is 4.38. The summed E-state index contributed by atoms with van der Waals surface area (Å²) in [5, 5.41) is 0. The van der Waals surface area contributed by atoms with Crippen molar-refractivity contribution in [3.63, 3.8) is 0 Å². The first-order valence-corrected chi connectivity index (χ1v) is 4.38. The maximum absolute atomic E-state index is 12.5. The van der Waals surface area contributed by atoms with Crippen LogP contribution in [-0.2, 0) is 0 Å². The zero-order chi connectivity index (χ0) is 9.26. The predicted molar refractivity (Wildman–Crippen MR) is 49.0 cm³/mol. The molecule has 2 N–H and O–H groups in total. The monoisotopic (exact) mass is 181 g/mol. The second-order valence-corrected chi connectivity index (χ2v) is 3.33. The van der Waals surface area contributed by atoms with Gasteiger partial charge in [-0.05, 0) is 18.6 Å². The molecule has 0 bridgehead atoms. The summed E-state index contributed by atoms with van der Waals surface area (Å²) in [6.45, 7) is 1.73. The van der Waals surface area contributed by atoms with E-state index in [0.717, 1.165) is 25.3 Å². The lowest BCUT2D eigenvalue weighted by molar-refractivity contribution is 0.621. The molecule has 0 aromatic carbocycles. The molecule has 0 aliphatic carbocycles. The van der Waals surface area contributed by atoms with E-state index in [1.165, 1.54) is 12.3 Å². The molecule has 1 aromatic rings. The van der Waals surface area contributed by atoms with Crippen molar-refractivity contribution in [3.05, 3.63) is 24.1 Å². The summed E-state index contributed by atoms with van der Waals surface area (Å²) in [4.78, 5) is 6.06. The Balaban J connectivity index is 2.13. The number of halogens is 1. The Morgan fingerprint density at radius 2 is 2.38 bits per heavy atom. The van der Waals surface area contributed by atoms with Gasteiger partial charge >= 0.3 is 0 Å². The molecular formula is C9H12FN3. The second-order valence-electron chi connectivity index (χ2n) is 3.33. The minimum atomic E-state index is -0.299. The molecule has 2 heterocycles. The van der Waals surface area contributed by atoms with Gasteiger partial charge in [-0.1, -0.05) is 0 Å². The Kier molecular flexibility index (Phi) is 2.14. The highest BCUT2D eigenvalue weighted by molar-refractivity contribution is 5.39. The molecular weight excluding hydrogens is 169 g/mol. The van der Waals surface area contributed by atoms with Gasteiger partial charge in [-0.3, -0.25) is 0 Å². The van der Waals surface area contributed by atoms with Gasteiger partial charge in [-0.15, -0.1) is 0 Å². The van der Waals surface area contributed by atoms with Crippen LogP contribution in [0.1, 0.15) is 6.42 Å². The molecule has 3 nitrogen and oxygen atoms in total. The first kappa shape index (κ1) is 8.44. The van der Waals surface area contributed by atoms with Crippen LogP contribution in [0.4, 0.5) is 10.2 Å². The number of anilines is 1. The van der Waals surface area contributed by atoms with E-state index in [9.17, 15) is 4.39 Å². The molecule has 1 unspecified atom stereocenters. The van der Waals surface area contributed by atoms with Gasteiger partial charge in [0.25, 0.3) is 0 Å². The van der Waals surface area contributed by atoms with Crippen LogP contribution in [0.25, 0.3) is 0 Å². The van der Waals surface area contributed by atoms with Crippen LogP contribution in [0.2, 0.25) is 0 Å². The van der Waals surface area contributed by atoms with Crippen LogP contribution in [0.5, 0.6) is 0 Å². The summed E-state index contributed by atoms with van der Waals surface area (Å²) in [6, 6.07) is 3.34. The molecule has 0 saturated carbocycles. The van der Waals surface area contributed by atoms with Gasteiger partial charge in [0.2, 0.25) is 0 Å². The molecule has 13 heavy (non-hydrogen) atoms. The molecule has 0 spiro atoms. The number of nitrogens with zero attached hydrogens (tertiary/aromatic N) is 2. The third-order valence-electron chi connectivity index (χ3n) is 2.26. The van der Waals surface area contributed by atoms with E-state index >= 15 is 0 Å². The van der Waals surface area contributed by atoms with Crippen LogP contribution < -0.4 is 10.6 Å². The standard InChI is InChI=1S/C9H12FN3/c10-7-1-2-9(12-5-7)13-4-3-8(11)6-13/h1-2,5,8H,3-4,6,11H2. The van der Waals surface area contributed by atoms with Crippen molar-refractivity contribution in [1.82, 2.24) is 4.98 Å². The van der Waals surface area contributed by atoms with E-state index in [4.69, 9.17) is 5.73 Å². The van der Waals surface area contributed by atoms with E-state index in [1.807, 2.05) is 0 Å². The molecule has 1 saturated heterocycles. The normalized spacial score (nSPS) is 22.3. The largest absolute Gasteiger partial charge is 0.355 e. The van der Waals surface area contributed by atoms with Gasteiger partial charge < -0.3 is 10.6 Å². The highest BCUT2D eigenvalue weighted by Gasteiger charge is 2.19. The molecule has 1 atom stereocenters. The summed E-state index contributed by atoms with van der Waals surface area (Å²) in [6.07, 6.45) is 2.22. The predicted octanol–water partition coefficient (Wildman–Crippen LogP) is 0.758. The number of aromatic nitrogens is 1. The van der Waals surface area contributed by atoms with E-state index in [0.29, 0.717) is 0 Å². The first-order chi connectivity index (χ1) is 6.25. The van der Waals surface area contributed by atoms with Gasteiger partial charge in [0, 0.05) is 19.1 Å². The highest BCUT2D eigenvalue weighted by atomic mass is 19.1. The Hall–Kier alpha value is -1.16. The molecule has 1 aliphatic heterocycles. The average Bonchev–Trinajstić information content (AvgIpc) is 2.53. The van der Waals surface area contributed by atoms with Crippen LogP contribution in [0.3, 0.4) is 0 Å². The number of rotatable bonds is 1. The summed E-state index contributed by atoms with van der Waals surface area (Å²) < 4.78 is 12.5. The van der Waals surface area contributed by atoms with Gasteiger partial charge in [-0.2, -0.15) is 0 Å². The number of hydrogen-bond donors (Lipinski definition) is 1. The topological polar surface area (TPSA) is 42.1 Å². The Bertz CT molecular complexity index is 285. The smallest absolute Gasteiger partial charge is 0.141 e. The van der Waals surface area contributed by atoms with Crippen LogP contribution in [-0.4, -0.2) is 24.1 Å². The lowest BCUT2D eigenvalue weighted by Crippen LogP contribution is -2.26. The van der Waals surface area contributed by atoms with Crippen molar-refractivity contribution >= 4 is 5.82 Å². The molecule has 1 aromatic heterocycles. The van der Waals surface area contributed by atoms with Gasteiger partial charge in [0.15, 0.2) is 0 Å². The number of hydrogen-bond acceptors (Lipinski definition) is 3. The van der Waals surface area contributed by atoms with Crippen molar-refractivity contribution in [3.8, 4) is 0 Å². The van der Waals surface area contributed by atoms with Crippen molar-refractivity contribution in [2.75, 3.05) is 18.0 Å². The molecule has 0 amide bonds. The SMILES string of the molecule is NC1CCN(c2ccc(F)cn2)C1. The second kappa shape index (κ2) is 3.30. The molecule has 1 fully saturated rings. The number of nitrogens with two attached hydrogens (primary N) is 1. The molecule has 70 valence electrons. The maximum Gasteiger partial charge on any atom is 0.141 e. The van der Waals surface area contributed by atoms with E-state index in [1.54, 1.807) is 6.07 Å². The lowest BCUT2D eigenvalue weighted by Gasteiger charge is -2.15. The van der Waals surface area contributed by atoms with E-state index in [-0.39, 0.29) is 11.9 Å². The zero-order valence-electron chi connectivity index (χ0n) is 7.28. The summed E-state index contributed by atoms with van der Waals surface area (Å²) >= 11 is 0. The minimum absolute atomic E-state index is 0.229. The van der Waals surface area contributed by atoms with Crippen molar-refractivity contribution in [2.24, 2.45) is 5.73 Å². The average molecular weight is 181 g/mol. The minimum Gasteiger partial charge on any atom is -0.355 e. The Morgan fingerprint density at radius 3 is 2.92 bits per heavy atom. The Labute approximate surface area is 76.4 Å². The fourth-order valence-electron chi connectivity index (χ4n) is 1.55. The molecule has 1 aliphatic rings. The van der Waals surface area contributed by atoms with Gasteiger partial charge in [0.1, 0.15) is 11.6 Å². The van der Waals surface area contributed by atoms with Crippen molar-refractivity contribution < 1.29 is 4.39 Å². The summed E-state index contributed by atoms with van der Waals surface area (Å²) in [5.41, 5.74) is 5.75. The van der Waals surface area contributed by atoms with Crippen LogP contribution in [0.15, 0.2) is 18.3 Å². The summed E-state index contributed by atoms with van der Waals surface area (Å²) in [5.74, 6) is 0.515. The Morgan fingerprint density at radius 1 is 1.54 bits per heavy atom. The fraction of sp³-hybridized carbons (Fsp3) is 0.444. The van der Waals surface area contributed by atoms with E-state index in [2.05, 4.69) is 9.88 Å². The molecule has 2 rings (SSSR count). The van der Waals surface area contributed by atoms with Gasteiger partial charge in [-0.25, -0.2) is 9.37 Å². The molecule has 4 heteroatoms. The van der Waals surface area contributed by atoms with Crippen LogP contribution in [0, 0.1) is 5.82 Å². The lowest BCUT2D eigenvalue weighted by atomic mass is 10.3. The quantitative estimate of drug-likeness (QED) is 0.695. The fourth-order valence-corrected chi connectivity index (χ4v) is 1.55. The third-order valence-corrected chi connectivity index (χ3v) is 2.26. The van der Waals surface area contributed by atoms with Crippen molar-refractivity contribution in [1.29, 1.82) is 0 Å². The van der Waals surface area contributed by atoms with E-state index < -0.39 is 0 Å². The number of pyridine rings is 1.